The van der Waals surface area contributed by atoms with E-state index >= 15 is 0 Å². The number of nitrogens with zero attached hydrogens (tertiary/aromatic N) is 1. The van der Waals surface area contributed by atoms with Crippen LogP contribution in [0.3, 0.4) is 0 Å². The number of carbonyl (C=O) groups is 2. The van der Waals surface area contributed by atoms with Crippen molar-refractivity contribution < 1.29 is 24.2 Å². The molecule has 7 heteroatoms. The molecule has 0 spiro atoms. The highest BCUT2D eigenvalue weighted by molar-refractivity contribution is 5.97. The van der Waals surface area contributed by atoms with Crippen LogP contribution in [-0.4, -0.2) is 35.4 Å². The average Bonchev–Trinajstić information content (AvgIpc) is 2.60. The average molecular weight is 370 g/mol. The van der Waals surface area contributed by atoms with Crippen LogP contribution in [-0.2, 0) is 9.53 Å². The van der Waals surface area contributed by atoms with Gasteiger partial charge in [-0.05, 0) is 62.7 Å². The summed E-state index contributed by atoms with van der Waals surface area (Å²) < 4.78 is 10.5. The van der Waals surface area contributed by atoms with Gasteiger partial charge in [0, 0.05) is 0 Å². The maximum atomic E-state index is 11.9. The summed E-state index contributed by atoms with van der Waals surface area (Å²) in [5.41, 5.74) is 2.65. The summed E-state index contributed by atoms with van der Waals surface area (Å²) in [6, 6.07) is 13.0. The molecule has 0 aliphatic carbocycles. The van der Waals surface area contributed by atoms with Crippen LogP contribution in [0.2, 0.25) is 0 Å². The second-order valence-electron chi connectivity index (χ2n) is 6.66. The molecule has 0 atom stereocenters. The van der Waals surface area contributed by atoms with E-state index in [9.17, 15) is 14.7 Å². The number of hydrazone groups is 1. The van der Waals surface area contributed by atoms with E-state index in [1.54, 1.807) is 57.2 Å². The molecule has 0 aromatic heterocycles. The first-order chi connectivity index (χ1) is 12.7. The highest BCUT2D eigenvalue weighted by atomic mass is 16.6. The molecule has 0 saturated carbocycles. The van der Waals surface area contributed by atoms with E-state index in [0.717, 1.165) is 5.56 Å². The van der Waals surface area contributed by atoms with E-state index in [1.807, 2.05) is 0 Å². The SMILES string of the molecule is CC(C)(C)OC(=O)COc1ccc(C=NNC(=O)c2ccccc2O)cc1. The van der Waals surface area contributed by atoms with E-state index in [2.05, 4.69) is 10.5 Å². The molecule has 2 rings (SSSR count). The van der Waals surface area contributed by atoms with Crippen LogP contribution >= 0.6 is 0 Å². The fourth-order valence-electron chi connectivity index (χ4n) is 2.05. The number of hydrogen-bond donors (Lipinski definition) is 2. The van der Waals surface area contributed by atoms with Crippen molar-refractivity contribution in [1.29, 1.82) is 0 Å². The van der Waals surface area contributed by atoms with Crippen LogP contribution in [0.15, 0.2) is 53.6 Å². The summed E-state index contributed by atoms with van der Waals surface area (Å²) in [6.07, 6.45) is 1.45. The second-order valence-corrected chi connectivity index (χ2v) is 6.66. The van der Waals surface area contributed by atoms with Crippen molar-refractivity contribution in [3.05, 3.63) is 59.7 Å². The zero-order chi connectivity index (χ0) is 19.9. The Morgan fingerprint density at radius 1 is 1.11 bits per heavy atom. The van der Waals surface area contributed by atoms with Gasteiger partial charge < -0.3 is 14.6 Å². The first-order valence-electron chi connectivity index (χ1n) is 8.31. The van der Waals surface area contributed by atoms with Crippen LogP contribution in [0, 0.1) is 0 Å². The van der Waals surface area contributed by atoms with E-state index in [1.165, 1.54) is 18.3 Å². The van der Waals surface area contributed by atoms with Crippen LogP contribution in [0.5, 0.6) is 11.5 Å². The lowest BCUT2D eigenvalue weighted by Crippen LogP contribution is -2.27. The quantitative estimate of drug-likeness (QED) is 0.463. The molecule has 7 nitrogen and oxygen atoms in total. The molecule has 0 unspecified atom stereocenters. The molecule has 1 amide bonds. The van der Waals surface area contributed by atoms with Crippen LogP contribution in [0.25, 0.3) is 0 Å². The Kier molecular flexibility index (Phi) is 6.54. The van der Waals surface area contributed by atoms with Crippen molar-refractivity contribution in [1.82, 2.24) is 5.43 Å². The highest BCUT2D eigenvalue weighted by Crippen LogP contribution is 2.15. The topological polar surface area (TPSA) is 97.2 Å². The molecule has 0 bridgehead atoms. The number of carbonyl (C=O) groups excluding carboxylic acids is 2. The number of para-hydroxylation sites is 1. The van der Waals surface area contributed by atoms with Crippen LogP contribution in [0.4, 0.5) is 0 Å². The van der Waals surface area contributed by atoms with Crippen molar-refractivity contribution >= 4 is 18.1 Å². The molecule has 2 aromatic rings. The standard InChI is InChI=1S/C20H22N2O5/c1-20(2,3)27-18(24)13-26-15-10-8-14(9-11-15)12-21-22-19(25)16-6-4-5-7-17(16)23/h4-12,23H,13H2,1-3H3,(H,22,25). The molecule has 0 aliphatic rings. The second kappa shape index (κ2) is 8.84. The maximum absolute atomic E-state index is 11.9. The Hall–Kier alpha value is -3.35. The molecular weight excluding hydrogens is 348 g/mol. The molecule has 2 aromatic carbocycles. The first kappa shape index (κ1) is 20.0. The number of esters is 1. The van der Waals surface area contributed by atoms with Crippen molar-refractivity contribution in [3.63, 3.8) is 0 Å². The Balaban J connectivity index is 1.85. The number of hydrogen-bond acceptors (Lipinski definition) is 6. The van der Waals surface area contributed by atoms with Gasteiger partial charge in [-0.2, -0.15) is 5.10 Å². The lowest BCUT2D eigenvalue weighted by molar-refractivity contribution is -0.157. The summed E-state index contributed by atoms with van der Waals surface area (Å²) in [7, 11) is 0. The Labute approximate surface area is 157 Å². The highest BCUT2D eigenvalue weighted by Gasteiger charge is 2.16. The number of nitrogens with one attached hydrogen (secondary N) is 1. The van der Waals surface area contributed by atoms with Gasteiger partial charge in [0.05, 0.1) is 11.8 Å². The van der Waals surface area contributed by atoms with Gasteiger partial charge in [0.1, 0.15) is 17.1 Å². The minimum atomic E-state index is -0.554. The van der Waals surface area contributed by atoms with Crippen LogP contribution in [0.1, 0.15) is 36.7 Å². The molecule has 142 valence electrons. The molecule has 0 radical (unpaired) electrons. The molecule has 0 fully saturated rings. The predicted octanol–water partition coefficient (Wildman–Crippen LogP) is 2.88. The van der Waals surface area contributed by atoms with Gasteiger partial charge in [0.2, 0.25) is 0 Å². The predicted molar refractivity (Wildman–Crippen MR) is 101 cm³/mol. The molecular formula is C20H22N2O5. The van der Waals surface area contributed by atoms with E-state index in [-0.39, 0.29) is 17.9 Å². The Bertz CT molecular complexity index is 823. The molecule has 27 heavy (non-hydrogen) atoms. The third kappa shape index (κ3) is 6.81. The van der Waals surface area contributed by atoms with E-state index < -0.39 is 17.5 Å². The number of benzene rings is 2. The largest absolute Gasteiger partial charge is 0.507 e. The number of aromatic hydroxyl groups is 1. The third-order valence-electron chi connectivity index (χ3n) is 3.19. The molecule has 0 heterocycles. The minimum Gasteiger partial charge on any atom is -0.507 e. The Morgan fingerprint density at radius 2 is 1.78 bits per heavy atom. The van der Waals surface area contributed by atoms with E-state index in [0.29, 0.717) is 5.75 Å². The summed E-state index contributed by atoms with van der Waals surface area (Å²) >= 11 is 0. The molecule has 2 N–H and O–H groups in total. The van der Waals surface area contributed by atoms with Crippen LogP contribution < -0.4 is 10.2 Å². The van der Waals surface area contributed by atoms with Crippen molar-refractivity contribution in [2.24, 2.45) is 5.10 Å². The van der Waals surface area contributed by atoms with Gasteiger partial charge >= 0.3 is 5.97 Å². The lowest BCUT2D eigenvalue weighted by Gasteiger charge is -2.19. The number of phenolic OH excluding ortho intramolecular Hbond substituents is 1. The number of amides is 1. The van der Waals surface area contributed by atoms with Gasteiger partial charge in [-0.3, -0.25) is 4.79 Å². The van der Waals surface area contributed by atoms with Gasteiger partial charge in [0.25, 0.3) is 5.91 Å². The summed E-state index contributed by atoms with van der Waals surface area (Å²) in [6.45, 7) is 5.19. The lowest BCUT2D eigenvalue weighted by atomic mass is 10.2. The fourth-order valence-corrected chi connectivity index (χ4v) is 2.05. The van der Waals surface area contributed by atoms with Gasteiger partial charge in [0.15, 0.2) is 6.61 Å². The van der Waals surface area contributed by atoms with Crippen molar-refractivity contribution in [2.45, 2.75) is 26.4 Å². The molecule has 0 aliphatic heterocycles. The zero-order valence-electron chi connectivity index (χ0n) is 15.4. The van der Waals surface area contributed by atoms with Gasteiger partial charge in [-0.15, -0.1) is 0 Å². The van der Waals surface area contributed by atoms with Gasteiger partial charge in [-0.1, -0.05) is 12.1 Å². The minimum absolute atomic E-state index is 0.114. The number of ether oxygens (including phenoxy) is 2. The Morgan fingerprint density at radius 3 is 2.41 bits per heavy atom. The maximum Gasteiger partial charge on any atom is 0.344 e. The number of phenols is 1. The smallest absolute Gasteiger partial charge is 0.344 e. The normalized spacial score (nSPS) is 11.2. The monoisotopic (exact) mass is 370 g/mol. The van der Waals surface area contributed by atoms with Crippen molar-refractivity contribution in [3.8, 4) is 11.5 Å². The summed E-state index contributed by atoms with van der Waals surface area (Å²) in [4.78, 5) is 23.5. The third-order valence-corrected chi connectivity index (χ3v) is 3.19. The zero-order valence-corrected chi connectivity index (χ0v) is 15.4. The number of rotatable bonds is 6. The fraction of sp³-hybridized carbons (Fsp3) is 0.250. The van der Waals surface area contributed by atoms with Crippen molar-refractivity contribution in [2.75, 3.05) is 6.61 Å². The first-order valence-corrected chi connectivity index (χ1v) is 8.31. The van der Waals surface area contributed by atoms with E-state index in [4.69, 9.17) is 9.47 Å². The summed E-state index contributed by atoms with van der Waals surface area (Å²) in [5.74, 6) is -0.561. The van der Waals surface area contributed by atoms with Gasteiger partial charge in [-0.25, -0.2) is 10.2 Å². The summed E-state index contributed by atoms with van der Waals surface area (Å²) in [5, 5.41) is 13.5. The molecule has 0 saturated heterocycles.